The Hall–Kier alpha value is -1.72. The number of anilines is 1. The normalized spacial score (nSPS) is 10.4. The molecule has 2 aromatic heterocycles. The smallest absolute Gasteiger partial charge is 0.275 e. The van der Waals surface area contributed by atoms with E-state index >= 15 is 0 Å². The average Bonchev–Trinajstić information content (AvgIpc) is 2.33. The highest BCUT2D eigenvalue weighted by atomic mass is 15.5. The summed E-state index contributed by atoms with van der Waals surface area (Å²) in [6, 6.07) is 1.63. The molecule has 2 heterocycles. The van der Waals surface area contributed by atoms with Crippen LogP contribution in [-0.4, -0.2) is 25.0 Å². The third-order valence-corrected chi connectivity index (χ3v) is 1.09. The van der Waals surface area contributed by atoms with Gasteiger partial charge in [-0.2, -0.15) is 9.50 Å². The monoisotopic (exact) mass is 136 g/mol. The summed E-state index contributed by atoms with van der Waals surface area (Å²) in [5.74, 6) is 0.835. The number of tetrazole rings is 1. The van der Waals surface area contributed by atoms with Crippen molar-refractivity contribution >= 4 is 11.6 Å². The summed E-state index contributed by atoms with van der Waals surface area (Å²) in [5.41, 5.74) is 5.36. The van der Waals surface area contributed by atoms with Gasteiger partial charge < -0.3 is 5.73 Å². The average molecular weight is 136 g/mol. The van der Waals surface area contributed by atoms with Gasteiger partial charge in [0.1, 0.15) is 5.82 Å². The van der Waals surface area contributed by atoms with Gasteiger partial charge in [-0.25, -0.2) is 0 Å². The third-order valence-electron chi connectivity index (χ3n) is 1.09. The zero-order valence-corrected chi connectivity index (χ0v) is 4.97. The first kappa shape index (κ1) is 5.10. The van der Waals surface area contributed by atoms with Crippen molar-refractivity contribution in [1.29, 1.82) is 0 Å². The molecule has 0 fully saturated rings. The van der Waals surface area contributed by atoms with E-state index in [1.807, 2.05) is 0 Å². The number of aromatic nitrogens is 5. The van der Waals surface area contributed by atoms with Crippen LogP contribution in [-0.2, 0) is 0 Å². The van der Waals surface area contributed by atoms with Crippen molar-refractivity contribution in [1.82, 2.24) is 25.0 Å². The van der Waals surface area contributed by atoms with Crippen LogP contribution in [0.25, 0.3) is 5.78 Å². The largest absolute Gasteiger partial charge is 0.384 e. The Morgan fingerprint density at radius 2 is 2.40 bits per heavy atom. The lowest BCUT2D eigenvalue weighted by Gasteiger charge is -1.88. The van der Waals surface area contributed by atoms with E-state index < -0.39 is 0 Å². The van der Waals surface area contributed by atoms with Gasteiger partial charge >= 0.3 is 0 Å². The highest BCUT2D eigenvalue weighted by Crippen LogP contribution is 1.95. The molecule has 6 heteroatoms. The van der Waals surface area contributed by atoms with Crippen LogP contribution < -0.4 is 5.73 Å². The predicted octanol–water partition coefficient (Wildman–Crippen LogP) is -0.899. The Morgan fingerprint density at radius 3 is 3.30 bits per heavy atom. The number of fused-ring (bicyclic) bond motifs is 1. The van der Waals surface area contributed by atoms with Crippen molar-refractivity contribution in [3.63, 3.8) is 0 Å². The van der Waals surface area contributed by atoms with Crippen LogP contribution in [0.4, 0.5) is 5.82 Å². The van der Waals surface area contributed by atoms with Crippen LogP contribution in [0.5, 0.6) is 0 Å². The van der Waals surface area contributed by atoms with Crippen LogP contribution in [0.15, 0.2) is 12.3 Å². The molecule has 50 valence electrons. The summed E-state index contributed by atoms with van der Waals surface area (Å²) in [5, 5.41) is 10.6. The molecule has 0 aliphatic heterocycles. The van der Waals surface area contributed by atoms with E-state index in [-0.39, 0.29) is 0 Å². The summed E-state index contributed by atoms with van der Waals surface area (Å²) < 4.78 is 1.44. The molecule has 0 aliphatic carbocycles. The van der Waals surface area contributed by atoms with Crippen molar-refractivity contribution in [2.75, 3.05) is 5.73 Å². The molecule has 0 spiro atoms. The highest BCUT2D eigenvalue weighted by molar-refractivity contribution is 5.35. The minimum Gasteiger partial charge on any atom is -0.384 e. The Kier molecular flexibility index (Phi) is 0.830. The van der Waals surface area contributed by atoms with Crippen LogP contribution >= 0.6 is 0 Å². The van der Waals surface area contributed by atoms with E-state index in [1.54, 1.807) is 12.3 Å². The summed E-state index contributed by atoms with van der Waals surface area (Å²) in [6.07, 6.45) is 1.65. The molecule has 2 N–H and O–H groups in total. The molecule has 0 amide bonds. The van der Waals surface area contributed by atoms with Gasteiger partial charge in [-0.15, -0.1) is 0 Å². The van der Waals surface area contributed by atoms with Gasteiger partial charge in [0.25, 0.3) is 5.78 Å². The van der Waals surface area contributed by atoms with Crippen molar-refractivity contribution < 1.29 is 0 Å². The Bertz CT molecular complexity index is 351. The second kappa shape index (κ2) is 1.63. The first-order valence-corrected chi connectivity index (χ1v) is 2.66. The zero-order valence-electron chi connectivity index (χ0n) is 4.97. The third kappa shape index (κ3) is 0.586. The van der Waals surface area contributed by atoms with Gasteiger partial charge in [0.2, 0.25) is 0 Å². The van der Waals surface area contributed by atoms with Crippen LogP contribution in [0, 0.1) is 0 Å². The van der Waals surface area contributed by atoms with E-state index in [0.29, 0.717) is 11.6 Å². The second-order valence-corrected chi connectivity index (χ2v) is 1.78. The number of hydrogen-bond donors (Lipinski definition) is 1. The minimum atomic E-state index is 0.417. The van der Waals surface area contributed by atoms with E-state index in [4.69, 9.17) is 5.73 Å². The minimum absolute atomic E-state index is 0.417. The molecule has 0 atom stereocenters. The number of rotatable bonds is 0. The molecular weight excluding hydrogens is 132 g/mol. The molecule has 6 nitrogen and oxygen atoms in total. The van der Waals surface area contributed by atoms with Gasteiger partial charge in [0, 0.05) is 6.20 Å². The number of nitrogens with two attached hydrogens (primary N) is 1. The van der Waals surface area contributed by atoms with Crippen molar-refractivity contribution in [2.24, 2.45) is 0 Å². The lowest BCUT2D eigenvalue weighted by atomic mass is 10.6. The lowest BCUT2D eigenvalue weighted by molar-refractivity contribution is 0.821. The molecule has 0 saturated carbocycles. The number of hydrogen-bond acceptors (Lipinski definition) is 5. The predicted molar refractivity (Wildman–Crippen MR) is 33.0 cm³/mol. The van der Waals surface area contributed by atoms with Gasteiger partial charge in [-0.1, -0.05) is 5.10 Å². The van der Waals surface area contributed by atoms with E-state index in [0.717, 1.165) is 0 Å². The molecule has 0 unspecified atom stereocenters. The lowest BCUT2D eigenvalue weighted by Crippen LogP contribution is -1.94. The molecule has 10 heavy (non-hydrogen) atoms. The van der Waals surface area contributed by atoms with Crippen molar-refractivity contribution in [3.8, 4) is 0 Å². The topological polar surface area (TPSA) is 82.0 Å². The molecule has 0 aliphatic rings. The van der Waals surface area contributed by atoms with Crippen LogP contribution in [0.3, 0.4) is 0 Å². The maximum Gasteiger partial charge on any atom is 0.275 e. The number of nitrogen functional groups attached to an aromatic ring is 1. The molecular formula is C4H4N6. The molecule has 2 rings (SSSR count). The van der Waals surface area contributed by atoms with Gasteiger partial charge in [0.15, 0.2) is 0 Å². The molecule has 0 aromatic carbocycles. The first-order valence-electron chi connectivity index (χ1n) is 2.66. The van der Waals surface area contributed by atoms with Crippen molar-refractivity contribution in [3.05, 3.63) is 12.3 Å². The van der Waals surface area contributed by atoms with Crippen molar-refractivity contribution in [2.45, 2.75) is 0 Å². The SMILES string of the molecule is Nc1ccn2nnnc2n1. The fourth-order valence-corrected chi connectivity index (χ4v) is 0.659. The summed E-state index contributed by atoms with van der Waals surface area (Å²) in [6.45, 7) is 0. The quantitative estimate of drug-likeness (QED) is 0.507. The highest BCUT2D eigenvalue weighted by Gasteiger charge is 1.95. The fraction of sp³-hybridized carbons (Fsp3) is 0. The van der Waals surface area contributed by atoms with E-state index in [9.17, 15) is 0 Å². The molecule has 2 aromatic rings. The van der Waals surface area contributed by atoms with Crippen LogP contribution in [0.1, 0.15) is 0 Å². The molecule has 0 radical (unpaired) electrons. The Balaban J connectivity index is 2.86. The first-order chi connectivity index (χ1) is 4.86. The zero-order chi connectivity index (χ0) is 6.97. The molecule has 0 bridgehead atoms. The fourth-order valence-electron chi connectivity index (χ4n) is 0.659. The van der Waals surface area contributed by atoms with Crippen LogP contribution in [0.2, 0.25) is 0 Å². The second-order valence-electron chi connectivity index (χ2n) is 1.78. The Labute approximate surface area is 55.7 Å². The summed E-state index contributed by atoms with van der Waals surface area (Å²) >= 11 is 0. The summed E-state index contributed by atoms with van der Waals surface area (Å²) in [4.78, 5) is 3.84. The van der Waals surface area contributed by atoms with Gasteiger partial charge in [-0.3, -0.25) is 0 Å². The van der Waals surface area contributed by atoms with E-state index in [1.165, 1.54) is 4.52 Å². The van der Waals surface area contributed by atoms with Gasteiger partial charge in [-0.05, 0) is 16.5 Å². The van der Waals surface area contributed by atoms with Gasteiger partial charge in [0.05, 0.1) is 0 Å². The Morgan fingerprint density at radius 1 is 1.50 bits per heavy atom. The maximum atomic E-state index is 5.36. The molecule has 0 saturated heterocycles. The summed E-state index contributed by atoms with van der Waals surface area (Å²) in [7, 11) is 0. The number of nitrogens with zero attached hydrogens (tertiary/aromatic N) is 5. The maximum absolute atomic E-state index is 5.36. The standard InChI is InChI=1S/C4H4N6/c5-3-1-2-10-4(6-3)7-8-9-10/h1-2H,(H2,5,6,7,9). The van der Waals surface area contributed by atoms with E-state index in [2.05, 4.69) is 20.5 Å².